The average molecular weight is 286 g/mol. The van der Waals surface area contributed by atoms with Crippen molar-refractivity contribution in [3.63, 3.8) is 0 Å². The van der Waals surface area contributed by atoms with E-state index < -0.39 is 0 Å². The fourth-order valence-corrected chi connectivity index (χ4v) is 2.40. The van der Waals surface area contributed by atoms with Crippen LogP contribution in [0.15, 0.2) is 30.3 Å². The standard InChI is InChI=1S/C15H18N4O2/c16-14-9-13(12-4-2-1-3-11(12)10-20)17-15(18-14)19-5-7-21-8-6-19/h1-4,9,20H,5-8,10H2,(H2,16,17,18). The number of hydrogen-bond donors (Lipinski definition) is 2. The highest BCUT2D eigenvalue weighted by Crippen LogP contribution is 2.25. The summed E-state index contributed by atoms with van der Waals surface area (Å²) < 4.78 is 5.34. The van der Waals surface area contributed by atoms with Crippen molar-refractivity contribution in [2.75, 3.05) is 36.9 Å². The van der Waals surface area contributed by atoms with Gasteiger partial charge in [0.1, 0.15) is 5.82 Å². The molecule has 0 bridgehead atoms. The highest BCUT2D eigenvalue weighted by Gasteiger charge is 2.16. The molecule has 3 rings (SSSR count). The predicted octanol–water partition coefficient (Wildman–Crippen LogP) is 1.05. The number of nitrogens with zero attached hydrogens (tertiary/aromatic N) is 3. The molecule has 0 amide bonds. The number of hydrogen-bond acceptors (Lipinski definition) is 6. The van der Waals surface area contributed by atoms with Gasteiger partial charge in [-0.15, -0.1) is 0 Å². The zero-order valence-electron chi connectivity index (χ0n) is 11.7. The van der Waals surface area contributed by atoms with Crippen LogP contribution in [-0.2, 0) is 11.3 Å². The van der Waals surface area contributed by atoms with Gasteiger partial charge in [-0.3, -0.25) is 0 Å². The first kappa shape index (κ1) is 13.8. The highest BCUT2D eigenvalue weighted by molar-refractivity contribution is 5.67. The Bertz CT molecular complexity index is 627. The molecule has 6 heteroatoms. The van der Waals surface area contributed by atoms with Crippen molar-refractivity contribution >= 4 is 11.8 Å². The molecule has 1 fully saturated rings. The zero-order valence-corrected chi connectivity index (χ0v) is 11.7. The van der Waals surface area contributed by atoms with E-state index in [1.807, 2.05) is 24.3 Å². The molecule has 0 saturated carbocycles. The van der Waals surface area contributed by atoms with Gasteiger partial charge in [-0.25, -0.2) is 4.98 Å². The van der Waals surface area contributed by atoms with Crippen LogP contribution in [0.3, 0.4) is 0 Å². The average Bonchev–Trinajstić information content (AvgIpc) is 2.55. The highest BCUT2D eigenvalue weighted by atomic mass is 16.5. The van der Waals surface area contributed by atoms with Crippen LogP contribution in [0.5, 0.6) is 0 Å². The van der Waals surface area contributed by atoms with Gasteiger partial charge in [-0.2, -0.15) is 4.98 Å². The third kappa shape index (κ3) is 2.96. The van der Waals surface area contributed by atoms with Crippen molar-refractivity contribution in [3.8, 4) is 11.3 Å². The van der Waals surface area contributed by atoms with Gasteiger partial charge < -0.3 is 20.5 Å². The van der Waals surface area contributed by atoms with Gasteiger partial charge >= 0.3 is 0 Å². The maximum atomic E-state index is 9.47. The Morgan fingerprint density at radius 1 is 1.19 bits per heavy atom. The van der Waals surface area contributed by atoms with Crippen molar-refractivity contribution in [2.45, 2.75) is 6.61 Å². The molecule has 1 aliphatic rings. The summed E-state index contributed by atoms with van der Waals surface area (Å²) in [6.45, 7) is 2.81. The van der Waals surface area contributed by atoms with E-state index in [9.17, 15) is 5.11 Å². The summed E-state index contributed by atoms with van der Waals surface area (Å²) in [4.78, 5) is 11.0. The van der Waals surface area contributed by atoms with Gasteiger partial charge in [0, 0.05) is 24.7 Å². The first-order valence-electron chi connectivity index (χ1n) is 6.94. The van der Waals surface area contributed by atoms with Crippen LogP contribution in [-0.4, -0.2) is 41.4 Å². The summed E-state index contributed by atoms with van der Waals surface area (Å²) in [5.41, 5.74) is 8.35. The van der Waals surface area contributed by atoms with Crippen LogP contribution >= 0.6 is 0 Å². The lowest BCUT2D eigenvalue weighted by molar-refractivity contribution is 0.122. The van der Waals surface area contributed by atoms with Gasteiger partial charge in [-0.05, 0) is 5.56 Å². The second-order valence-corrected chi connectivity index (χ2v) is 4.89. The fourth-order valence-electron chi connectivity index (χ4n) is 2.40. The number of aliphatic hydroxyl groups is 1. The second-order valence-electron chi connectivity index (χ2n) is 4.89. The van der Waals surface area contributed by atoms with Crippen molar-refractivity contribution in [1.29, 1.82) is 0 Å². The molecule has 0 atom stereocenters. The molecule has 1 saturated heterocycles. The van der Waals surface area contributed by atoms with Gasteiger partial charge in [0.2, 0.25) is 5.95 Å². The molecule has 21 heavy (non-hydrogen) atoms. The lowest BCUT2D eigenvalue weighted by Crippen LogP contribution is -2.37. The monoisotopic (exact) mass is 286 g/mol. The van der Waals surface area contributed by atoms with E-state index >= 15 is 0 Å². The van der Waals surface area contributed by atoms with Gasteiger partial charge in [-0.1, -0.05) is 24.3 Å². The fraction of sp³-hybridized carbons (Fsp3) is 0.333. The third-order valence-corrected chi connectivity index (χ3v) is 3.49. The SMILES string of the molecule is Nc1cc(-c2ccccc2CO)nc(N2CCOCC2)n1. The summed E-state index contributed by atoms with van der Waals surface area (Å²) in [7, 11) is 0. The van der Waals surface area contributed by atoms with Crippen LogP contribution in [0.1, 0.15) is 5.56 Å². The molecule has 110 valence electrons. The number of nitrogen functional groups attached to an aromatic ring is 1. The quantitative estimate of drug-likeness (QED) is 0.877. The first-order valence-corrected chi connectivity index (χ1v) is 6.94. The Hall–Kier alpha value is -2.18. The largest absolute Gasteiger partial charge is 0.392 e. The molecule has 2 aromatic rings. The second kappa shape index (κ2) is 6.07. The summed E-state index contributed by atoms with van der Waals surface area (Å²) in [6.07, 6.45) is 0. The van der Waals surface area contributed by atoms with E-state index in [2.05, 4.69) is 14.9 Å². The normalized spacial score (nSPS) is 15.2. The van der Waals surface area contributed by atoms with Crippen molar-refractivity contribution < 1.29 is 9.84 Å². The van der Waals surface area contributed by atoms with E-state index in [0.29, 0.717) is 25.0 Å². The smallest absolute Gasteiger partial charge is 0.228 e. The number of morpholine rings is 1. The minimum Gasteiger partial charge on any atom is -0.392 e. The van der Waals surface area contributed by atoms with Crippen LogP contribution in [0, 0.1) is 0 Å². The summed E-state index contributed by atoms with van der Waals surface area (Å²) in [5.74, 6) is 1.04. The van der Waals surface area contributed by atoms with Crippen LogP contribution in [0.2, 0.25) is 0 Å². The Morgan fingerprint density at radius 3 is 2.71 bits per heavy atom. The third-order valence-electron chi connectivity index (χ3n) is 3.49. The predicted molar refractivity (Wildman–Crippen MR) is 80.8 cm³/mol. The molecule has 1 aliphatic heterocycles. The molecular weight excluding hydrogens is 268 g/mol. The first-order chi connectivity index (χ1) is 10.3. The van der Waals surface area contributed by atoms with Crippen molar-refractivity contribution in [2.24, 2.45) is 0 Å². The number of nitrogens with two attached hydrogens (primary N) is 1. The van der Waals surface area contributed by atoms with E-state index in [1.165, 1.54) is 0 Å². The van der Waals surface area contributed by atoms with E-state index in [0.717, 1.165) is 29.9 Å². The van der Waals surface area contributed by atoms with Crippen molar-refractivity contribution in [3.05, 3.63) is 35.9 Å². The number of ether oxygens (including phenoxy) is 1. The molecule has 0 unspecified atom stereocenters. The number of anilines is 2. The number of rotatable bonds is 3. The number of aliphatic hydroxyl groups excluding tert-OH is 1. The zero-order chi connectivity index (χ0) is 14.7. The minimum absolute atomic E-state index is 0.0348. The van der Waals surface area contributed by atoms with Crippen LogP contribution in [0.25, 0.3) is 11.3 Å². The Morgan fingerprint density at radius 2 is 1.95 bits per heavy atom. The van der Waals surface area contributed by atoms with Gasteiger partial charge in [0.25, 0.3) is 0 Å². The summed E-state index contributed by atoms with van der Waals surface area (Å²) in [5, 5.41) is 9.47. The molecule has 1 aromatic heterocycles. The molecule has 1 aromatic carbocycles. The molecular formula is C15H18N4O2. The van der Waals surface area contributed by atoms with Crippen LogP contribution in [0.4, 0.5) is 11.8 Å². The molecule has 6 nitrogen and oxygen atoms in total. The summed E-state index contributed by atoms with van der Waals surface area (Å²) >= 11 is 0. The maximum absolute atomic E-state index is 9.47. The number of aromatic nitrogens is 2. The lowest BCUT2D eigenvalue weighted by atomic mass is 10.0. The Kier molecular flexibility index (Phi) is 3.98. The maximum Gasteiger partial charge on any atom is 0.228 e. The Balaban J connectivity index is 2.01. The number of benzene rings is 1. The lowest BCUT2D eigenvalue weighted by Gasteiger charge is -2.27. The topological polar surface area (TPSA) is 84.5 Å². The Labute approximate surface area is 123 Å². The molecule has 2 heterocycles. The molecule has 0 spiro atoms. The van der Waals surface area contributed by atoms with E-state index in [4.69, 9.17) is 10.5 Å². The van der Waals surface area contributed by atoms with Crippen molar-refractivity contribution in [1.82, 2.24) is 9.97 Å². The summed E-state index contributed by atoms with van der Waals surface area (Å²) in [6, 6.07) is 9.35. The molecule has 0 aliphatic carbocycles. The van der Waals surface area contributed by atoms with Crippen LogP contribution < -0.4 is 10.6 Å². The molecule has 3 N–H and O–H groups in total. The van der Waals surface area contributed by atoms with E-state index in [1.54, 1.807) is 6.07 Å². The van der Waals surface area contributed by atoms with Gasteiger partial charge in [0.15, 0.2) is 0 Å². The molecule has 0 radical (unpaired) electrons. The van der Waals surface area contributed by atoms with E-state index in [-0.39, 0.29) is 6.61 Å². The van der Waals surface area contributed by atoms with Gasteiger partial charge in [0.05, 0.1) is 25.5 Å². The minimum atomic E-state index is -0.0348.